The van der Waals surface area contributed by atoms with Gasteiger partial charge in [-0.2, -0.15) is 0 Å². The Balaban J connectivity index is 1.40. The fourth-order valence-electron chi connectivity index (χ4n) is 5.67. The highest BCUT2D eigenvalue weighted by molar-refractivity contribution is 5.91. The summed E-state index contributed by atoms with van der Waals surface area (Å²) in [5.41, 5.74) is 3.67. The first-order valence-electron chi connectivity index (χ1n) is 17.0. The van der Waals surface area contributed by atoms with Gasteiger partial charge in [0.1, 0.15) is 24.4 Å². The lowest BCUT2D eigenvalue weighted by molar-refractivity contribution is -0.137. The van der Waals surface area contributed by atoms with E-state index in [4.69, 9.17) is 14.6 Å². The maximum absolute atomic E-state index is 13.6. The monoisotopic (exact) mass is 672 g/mol. The van der Waals surface area contributed by atoms with E-state index in [0.29, 0.717) is 25.4 Å². The molecule has 5 N–H and O–H groups in total. The fraction of sp³-hybridized carbons (Fsp3) is 0.421. The highest BCUT2D eigenvalue weighted by Crippen LogP contribution is 2.20. The predicted octanol–water partition coefficient (Wildman–Crippen LogP) is 4.66. The largest absolute Gasteiger partial charge is 0.494 e. The number of aliphatic carboxylic acids is 1. The second kappa shape index (κ2) is 19.8. The van der Waals surface area contributed by atoms with Crippen molar-refractivity contribution in [2.75, 3.05) is 19.7 Å². The molecule has 0 radical (unpaired) electrons. The van der Waals surface area contributed by atoms with Crippen LogP contribution in [0.15, 0.2) is 78.9 Å². The van der Waals surface area contributed by atoms with E-state index in [0.717, 1.165) is 53.9 Å². The Morgan fingerprint density at radius 3 is 2.31 bits per heavy atom. The molecule has 0 spiro atoms. The van der Waals surface area contributed by atoms with E-state index >= 15 is 0 Å². The summed E-state index contributed by atoms with van der Waals surface area (Å²) in [6.45, 7) is 4.90. The van der Waals surface area contributed by atoms with Crippen LogP contribution in [0.25, 0.3) is 0 Å². The first-order chi connectivity index (χ1) is 23.8. The minimum Gasteiger partial charge on any atom is -0.494 e. The number of hydrogen-bond acceptors (Lipinski definition) is 7. The summed E-state index contributed by atoms with van der Waals surface area (Å²) < 4.78 is 11.3. The van der Waals surface area contributed by atoms with Crippen LogP contribution in [0.3, 0.4) is 0 Å². The molecule has 11 nitrogen and oxygen atoms in total. The first kappa shape index (κ1) is 36.9. The maximum atomic E-state index is 13.6. The molecule has 1 saturated heterocycles. The van der Waals surface area contributed by atoms with Crippen molar-refractivity contribution in [2.24, 2.45) is 5.92 Å². The topological polar surface area (TPSA) is 155 Å². The zero-order valence-electron chi connectivity index (χ0n) is 28.1. The molecule has 3 aromatic carbocycles. The summed E-state index contributed by atoms with van der Waals surface area (Å²) >= 11 is 0. The maximum Gasteiger partial charge on any atom is 0.408 e. The van der Waals surface area contributed by atoms with E-state index in [1.54, 1.807) is 12.1 Å². The van der Waals surface area contributed by atoms with E-state index in [1.165, 1.54) is 0 Å². The van der Waals surface area contributed by atoms with E-state index in [9.17, 15) is 19.2 Å². The summed E-state index contributed by atoms with van der Waals surface area (Å²) in [7, 11) is 0. The number of carbonyl (C=O) groups excluding carboxylic acids is 3. The van der Waals surface area contributed by atoms with Gasteiger partial charge in [0.2, 0.25) is 11.8 Å². The third-order valence-electron chi connectivity index (χ3n) is 8.63. The van der Waals surface area contributed by atoms with Gasteiger partial charge in [-0.05, 0) is 98.8 Å². The number of rotatable bonds is 19. The van der Waals surface area contributed by atoms with E-state index in [1.807, 2.05) is 73.7 Å². The molecule has 0 saturated carbocycles. The average Bonchev–Trinajstić information content (AvgIpc) is 3.63. The van der Waals surface area contributed by atoms with Crippen molar-refractivity contribution in [1.82, 2.24) is 21.3 Å². The first-order valence-corrected chi connectivity index (χ1v) is 17.0. The lowest BCUT2D eigenvalue weighted by Crippen LogP contribution is -2.53. The van der Waals surface area contributed by atoms with Gasteiger partial charge in [-0.15, -0.1) is 0 Å². The molecule has 11 heteroatoms. The smallest absolute Gasteiger partial charge is 0.408 e. The molecule has 3 atom stereocenters. The molecular weight excluding hydrogens is 624 g/mol. The van der Waals surface area contributed by atoms with E-state index < -0.39 is 30.1 Å². The zero-order chi connectivity index (χ0) is 34.8. The molecule has 4 rings (SSSR count). The number of carboxylic acids is 1. The summed E-state index contributed by atoms with van der Waals surface area (Å²) in [6.07, 6.45) is 2.16. The highest BCUT2D eigenvalue weighted by atomic mass is 16.5. The summed E-state index contributed by atoms with van der Waals surface area (Å²) in [6, 6.07) is 22.5. The van der Waals surface area contributed by atoms with Crippen LogP contribution >= 0.6 is 0 Å². The van der Waals surface area contributed by atoms with Gasteiger partial charge in [0.05, 0.1) is 6.61 Å². The second-order valence-electron chi connectivity index (χ2n) is 12.4. The van der Waals surface area contributed by atoms with Gasteiger partial charge in [0, 0.05) is 13.0 Å². The minimum absolute atomic E-state index is 0.00189. The quantitative estimate of drug-likeness (QED) is 0.123. The molecule has 2 unspecified atom stereocenters. The van der Waals surface area contributed by atoms with Crippen LogP contribution < -0.4 is 26.0 Å². The van der Waals surface area contributed by atoms with Crippen molar-refractivity contribution in [3.63, 3.8) is 0 Å². The van der Waals surface area contributed by atoms with Crippen LogP contribution in [-0.2, 0) is 38.7 Å². The Morgan fingerprint density at radius 1 is 0.898 bits per heavy atom. The Labute approximate surface area is 288 Å². The standard InChI is InChI=1S/C38H48N4O7/c1-27-15-17-32(48-22-20-29-19-21-39-24-29)23-31(27)25-40-36(45)34(18-16-28-9-4-2-5-10-28)41-37(46)33(13-8-14-35(43)44)42-38(47)49-26-30-11-6-3-7-12-30/h2-7,9-12,15,17,23,29,33-34,39H,8,13-14,16,18-22,24-26H2,1H3,(H,40,45)(H,41,46)(H,42,47)(H,43,44)/t29?,33?,34-/m0/s1. The normalized spacial score (nSPS) is 15.1. The van der Waals surface area contributed by atoms with Gasteiger partial charge in [0.25, 0.3) is 0 Å². The molecule has 0 bridgehead atoms. The summed E-state index contributed by atoms with van der Waals surface area (Å²) in [5, 5.41) is 20.9. The minimum atomic E-state index is -1.11. The molecule has 262 valence electrons. The molecule has 3 amide bonds. The Bertz CT molecular complexity index is 1500. The Kier molecular flexibility index (Phi) is 14.9. The lowest BCUT2D eigenvalue weighted by atomic mass is 10.0. The van der Waals surface area contributed by atoms with Crippen molar-refractivity contribution in [3.05, 3.63) is 101 Å². The number of amides is 3. The number of alkyl carbamates (subject to hydrolysis) is 1. The number of carboxylic acid groups (broad SMARTS) is 1. The van der Waals surface area contributed by atoms with E-state index in [2.05, 4.69) is 21.3 Å². The number of benzene rings is 3. The molecule has 1 aliphatic rings. The van der Waals surface area contributed by atoms with E-state index in [-0.39, 0.29) is 38.3 Å². The van der Waals surface area contributed by atoms with Crippen LogP contribution in [0, 0.1) is 12.8 Å². The predicted molar refractivity (Wildman–Crippen MR) is 186 cm³/mol. The van der Waals surface area contributed by atoms with Crippen molar-refractivity contribution in [3.8, 4) is 5.75 Å². The zero-order valence-corrected chi connectivity index (χ0v) is 28.1. The van der Waals surface area contributed by atoms with Gasteiger partial charge < -0.3 is 35.8 Å². The molecular formula is C38H48N4O7. The van der Waals surface area contributed by atoms with Crippen LogP contribution in [-0.4, -0.2) is 60.8 Å². The van der Waals surface area contributed by atoms with Gasteiger partial charge in [-0.3, -0.25) is 14.4 Å². The number of ether oxygens (including phenoxy) is 2. The number of aryl methyl sites for hydroxylation is 2. The summed E-state index contributed by atoms with van der Waals surface area (Å²) in [5.74, 6) is -0.621. The van der Waals surface area contributed by atoms with Crippen LogP contribution in [0.4, 0.5) is 4.79 Å². The molecule has 1 fully saturated rings. The number of hydrogen-bond donors (Lipinski definition) is 5. The Hall–Kier alpha value is -4.90. The molecule has 3 aromatic rings. The van der Waals surface area contributed by atoms with Crippen LogP contribution in [0.1, 0.15) is 60.8 Å². The van der Waals surface area contributed by atoms with Gasteiger partial charge >= 0.3 is 12.1 Å². The third kappa shape index (κ3) is 13.3. The fourth-order valence-corrected chi connectivity index (χ4v) is 5.67. The van der Waals surface area contributed by atoms with Gasteiger partial charge in [-0.25, -0.2) is 4.79 Å². The van der Waals surface area contributed by atoms with Crippen LogP contribution in [0.2, 0.25) is 0 Å². The lowest BCUT2D eigenvalue weighted by Gasteiger charge is -2.23. The Morgan fingerprint density at radius 2 is 1.61 bits per heavy atom. The second-order valence-corrected chi connectivity index (χ2v) is 12.4. The molecule has 49 heavy (non-hydrogen) atoms. The molecule has 1 heterocycles. The third-order valence-corrected chi connectivity index (χ3v) is 8.63. The van der Waals surface area contributed by atoms with Crippen molar-refractivity contribution in [2.45, 2.75) is 77.1 Å². The van der Waals surface area contributed by atoms with Crippen molar-refractivity contribution in [1.29, 1.82) is 0 Å². The SMILES string of the molecule is Cc1ccc(OCCC2CCNC2)cc1CNC(=O)[C@H](CCc1ccccc1)NC(=O)C(CCCC(=O)O)NC(=O)OCc1ccccc1. The van der Waals surface area contributed by atoms with Crippen LogP contribution in [0.5, 0.6) is 5.75 Å². The molecule has 1 aliphatic heterocycles. The highest BCUT2D eigenvalue weighted by Gasteiger charge is 2.27. The van der Waals surface area contributed by atoms with Gasteiger partial charge in [-0.1, -0.05) is 66.7 Å². The van der Waals surface area contributed by atoms with Gasteiger partial charge in [0.15, 0.2) is 0 Å². The number of nitrogens with one attached hydrogen (secondary N) is 4. The van der Waals surface area contributed by atoms with Crippen molar-refractivity contribution < 1.29 is 33.8 Å². The summed E-state index contributed by atoms with van der Waals surface area (Å²) in [4.78, 5) is 51.1. The van der Waals surface area contributed by atoms with Crippen molar-refractivity contribution >= 4 is 23.9 Å². The molecule has 0 aromatic heterocycles. The molecule has 0 aliphatic carbocycles. The number of carbonyl (C=O) groups is 4. The average molecular weight is 673 g/mol.